The van der Waals surface area contributed by atoms with E-state index in [1.165, 1.54) is 16.7 Å². The van der Waals surface area contributed by atoms with Gasteiger partial charge in [0.25, 0.3) is 0 Å². The van der Waals surface area contributed by atoms with Crippen LogP contribution in [0.2, 0.25) is 0 Å². The Bertz CT molecular complexity index is 413. The highest BCUT2D eigenvalue weighted by atomic mass is 16.3. The van der Waals surface area contributed by atoms with Gasteiger partial charge in [0.05, 0.1) is 6.10 Å². The van der Waals surface area contributed by atoms with Crippen LogP contribution < -0.4 is 0 Å². The SMILES string of the molecule is CC(=O)CCC=C(C)CCC1=C(C)CCC(O)C1(C)C. The number of hydrogen-bond acceptors (Lipinski definition) is 2. The fraction of sp³-hybridized carbons (Fsp3) is 0.722. The Hall–Kier alpha value is -0.890. The van der Waals surface area contributed by atoms with Crippen molar-refractivity contribution in [3.8, 4) is 0 Å². The van der Waals surface area contributed by atoms with Crippen LogP contribution in [0.25, 0.3) is 0 Å². The first-order valence-electron chi connectivity index (χ1n) is 7.77. The smallest absolute Gasteiger partial charge is 0.130 e. The minimum absolute atomic E-state index is 0.0952. The highest BCUT2D eigenvalue weighted by Gasteiger charge is 2.35. The molecule has 2 heteroatoms. The number of aliphatic hydroxyl groups is 1. The van der Waals surface area contributed by atoms with Crippen LogP contribution in [-0.2, 0) is 4.79 Å². The molecule has 114 valence electrons. The summed E-state index contributed by atoms with van der Waals surface area (Å²) in [5.41, 5.74) is 4.14. The molecule has 1 atom stereocenters. The number of ketones is 1. The van der Waals surface area contributed by atoms with E-state index in [1.54, 1.807) is 6.92 Å². The maximum atomic E-state index is 10.9. The van der Waals surface area contributed by atoms with Gasteiger partial charge in [0.1, 0.15) is 5.78 Å². The Balaban J connectivity index is 2.61. The molecule has 1 aliphatic carbocycles. The summed E-state index contributed by atoms with van der Waals surface area (Å²) in [6, 6.07) is 0. The molecular formula is C18H30O2. The second kappa shape index (κ2) is 7.21. The lowest BCUT2D eigenvalue weighted by molar-refractivity contribution is -0.116. The molecule has 0 aromatic heterocycles. The van der Waals surface area contributed by atoms with Crippen LogP contribution in [-0.4, -0.2) is 17.0 Å². The molecule has 0 amide bonds. The molecule has 0 spiro atoms. The van der Waals surface area contributed by atoms with Crippen LogP contribution in [0.1, 0.15) is 73.1 Å². The largest absolute Gasteiger partial charge is 0.392 e. The molecule has 20 heavy (non-hydrogen) atoms. The van der Waals surface area contributed by atoms with E-state index in [0.717, 1.165) is 32.1 Å². The van der Waals surface area contributed by atoms with Crippen LogP contribution in [0, 0.1) is 5.41 Å². The predicted octanol–water partition coefficient (Wildman–Crippen LogP) is 4.58. The van der Waals surface area contributed by atoms with E-state index in [-0.39, 0.29) is 17.3 Å². The number of rotatable bonds is 6. The number of hydrogen-bond donors (Lipinski definition) is 1. The summed E-state index contributed by atoms with van der Waals surface area (Å²) in [5.74, 6) is 0.254. The quantitative estimate of drug-likeness (QED) is 0.722. The Morgan fingerprint density at radius 2 is 2.00 bits per heavy atom. The van der Waals surface area contributed by atoms with Crippen LogP contribution in [0.3, 0.4) is 0 Å². The summed E-state index contributed by atoms with van der Waals surface area (Å²) >= 11 is 0. The fourth-order valence-corrected chi connectivity index (χ4v) is 3.10. The molecule has 0 saturated heterocycles. The maximum absolute atomic E-state index is 10.9. The molecular weight excluding hydrogens is 248 g/mol. The van der Waals surface area contributed by atoms with E-state index in [0.29, 0.717) is 6.42 Å². The zero-order chi connectivity index (χ0) is 15.3. The van der Waals surface area contributed by atoms with Gasteiger partial charge in [-0.05, 0) is 52.9 Å². The number of Topliss-reactive ketones (excluding diaryl/α,β-unsaturated/α-hetero) is 1. The van der Waals surface area contributed by atoms with E-state index in [2.05, 4.69) is 33.8 Å². The highest BCUT2D eigenvalue weighted by Crippen LogP contribution is 2.42. The van der Waals surface area contributed by atoms with Gasteiger partial charge in [0.2, 0.25) is 0 Å². The van der Waals surface area contributed by atoms with Crippen LogP contribution in [0.5, 0.6) is 0 Å². The lowest BCUT2D eigenvalue weighted by atomic mass is 9.69. The first kappa shape index (κ1) is 17.2. The standard InChI is InChI=1S/C18H30O2/c1-13(7-6-8-15(3)19)9-11-16-14(2)10-12-17(20)18(16,4)5/h7,17,20H,6,8-12H2,1-5H3. The topological polar surface area (TPSA) is 37.3 Å². The van der Waals surface area contributed by atoms with Crippen molar-refractivity contribution in [2.24, 2.45) is 5.41 Å². The van der Waals surface area contributed by atoms with Gasteiger partial charge >= 0.3 is 0 Å². The highest BCUT2D eigenvalue weighted by molar-refractivity contribution is 5.75. The zero-order valence-electron chi connectivity index (χ0n) is 13.8. The summed E-state index contributed by atoms with van der Waals surface area (Å²) in [7, 11) is 0. The van der Waals surface area contributed by atoms with Crippen molar-refractivity contribution in [3.05, 3.63) is 22.8 Å². The van der Waals surface area contributed by atoms with Crippen molar-refractivity contribution in [1.29, 1.82) is 0 Å². The fourth-order valence-electron chi connectivity index (χ4n) is 3.10. The molecule has 1 rings (SSSR count). The monoisotopic (exact) mass is 278 g/mol. The third kappa shape index (κ3) is 4.59. The first-order chi connectivity index (χ1) is 9.25. The number of allylic oxidation sites excluding steroid dienone is 3. The minimum atomic E-state index is -0.219. The number of carbonyl (C=O) groups excluding carboxylic acids is 1. The molecule has 0 radical (unpaired) electrons. The van der Waals surface area contributed by atoms with E-state index in [9.17, 15) is 9.90 Å². The van der Waals surface area contributed by atoms with Crippen molar-refractivity contribution in [3.63, 3.8) is 0 Å². The van der Waals surface area contributed by atoms with Gasteiger partial charge in [-0.1, -0.05) is 36.6 Å². The van der Waals surface area contributed by atoms with Gasteiger partial charge in [-0.2, -0.15) is 0 Å². The van der Waals surface area contributed by atoms with Gasteiger partial charge in [0, 0.05) is 11.8 Å². The summed E-state index contributed by atoms with van der Waals surface area (Å²) < 4.78 is 0. The maximum Gasteiger partial charge on any atom is 0.130 e. The second-order valence-electron chi connectivity index (χ2n) is 6.83. The lowest BCUT2D eigenvalue weighted by Gasteiger charge is -2.39. The van der Waals surface area contributed by atoms with Crippen molar-refractivity contribution >= 4 is 5.78 Å². The van der Waals surface area contributed by atoms with Crippen molar-refractivity contribution in [1.82, 2.24) is 0 Å². The molecule has 2 nitrogen and oxygen atoms in total. The first-order valence-corrected chi connectivity index (χ1v) is 7.77. The molecule has 0 aromatic rings. The number of aliphatic hydroxyl groups excluding tert-OH is 1. The van der Waals surface area contributed by atoms with Gasteiger partial charge in [-0.25, -0.2) is 0 Å². The van der Waals surface area contributed by atoms with Crippen LogP contribution >= 0.6 is 0 Å². The van der Waals surface area contributed by atoms with E-state index in [1.807, 2.05) is 0 Å². The Labute approximate surface area is 124 Å². The molecule has 0 fully saturated rings. The molecule has 1 aliphatic rings. The summed E-state index contributed by atoms with van der Waals surface area (Å²) in [5, 5.41) is 10.2. The van der Waals surface area contributed by atoms with E-state index in [4.69, 9.17) is 0 Å². The van der Waals surface area contributed by atoms with Crippen molar-refractivity contribution in [2.45, 2.75) is 79.2 Å². The summed E-state index contributed by atoms with van der Waals surface area (Å²) in [4.78, 5) is 10.9. The second-order valence-corrected chi connectivity index (χ2v) is 6.83. The zero-order valence-corrected chi connectivity index (χ0v) is 13.8. The van der Waals surface area contributed by atoms with Crippen LogP contribution in [0.4, 0.5) is 0 Å². The van der Waals surface area contributed by atoms with E-state index >= 15 is 0 Å². The van der Waals surface area contributed by atoms with Gasteiger partial charge < -0.3 is 9.90 Å². The summed E-state index contributed by atoms with van der Waals surface area (Å²) in [6.07, 6.45) is 7.42. The summed E-state index contributed by atoms with van der Waals surface area (Å²) in [6.45, 7) is 10.3. The lowest BCUT2D eigenvalue weighted by Crippen LogP contribution is -2.35. The van der Waals surface area contributed by atoms with Gasteiger partial charge in [-0.3, -0.25) is 0 Å². The minimum Gasteiger partial charge on any atom is -0.392 e. The molecule has 1 N–H and O–H groups in total. The van der Waals surface area contributed by atoms with Crippen molar-refractivity contribution < 1.29 is 9.90 Å². The third-order valence-electron chi connectivity index (χ3n) is 4.68. The molecule has 0 saturated carbocycles. The number of carbonyl (C=O) groups is 1. The Kier molecular flexibility index (Phi) is 6.19. The average molecular weight is 278 g/mol. The van der Waals surface area contributed by atoms with Gasteiger partial charge in [0.15, 0.2) is 0 Å². The van der Waals surface area contributed by atoms with Crippen molar-refractivity contribution in [2.75, 3.05) is 0 Å². The molecule has 0 bridgehead atoms. The third-order valence-corrected chi connectivity index (χ3v) is 4.68. The molecule has 0 heterocycles. The van der Waals surface area contributed by atoms with E-state index < -0.39 is 0 Å². The Morgan fingerprint density at radius 3 is 2.60 bits per heavy atom. The predicted molar refractivity (Wildman–Crippen MR) is 84.6 cm³/mol. The van der Waals surface area contributed by atoms with Gasteiger partial charge in [-0.15, -0.1) is 0 Å². The molecule has 1 unspecified atom stereocenters. The normalized spacial score (nSPS) is 23.1. The molecule has 0 aliphatic heterocycles. The Morgan fingerprint density at radius 1 is 1.35 bits per heavy atom. The molecule has 0 aromatic carbocycles. The average Bonchev–Trinajstić information content (AvgIpc) is 2.33. The van der Waals surface area contributed by atoms with Crippen LogP contribution in [0.15, 0.2) is 22.8 Å².